The summed E-state index contributed by atoms with van der Waals surface area (Å²) in [5.41, 5.74) is 0.504. The first-order chi connectivity index (χ1) is 9.39. The van der Waals surface area contributed by atoms with Crippen molar-refractivity contribution >= 4 is 17.6 Å². The van der Waals surface area contributed by atoms with Gasteiger partial charge in [-0.05, 0) is 30.4 Å². The maximum Gasteiger partial charge on any atom is 0.314 e. The number of rotatable bonds is 5. The van der Waals surface area contributed by atoms with E-state index in [0.29, 0.717) is 34.9 Å². The smallest absolute Gasteiger partial charge is 0.314 e. The number of benzene rings is 1. The van der Waals surface area contributed by atoms with E-state index in [9.17, 15) is 9.90 Å². The van der Waals surface area contributed by atoms with Gasteiger partial charge in [-0.2, -0.15) is 0 Å². The van der Waals surface area contributed by atoms with Crippen molar-refractivity contribution in [3.8, 4) is 11.5 Å². The lowest BCUT2D eigenvalue weighted by atomic mass is 9.90. The third-order valence-corrected chi connectivity index (χ3v) is 4.30. The molecule has 0 bridgehead atoms. The van der Waals surface area contributed by atoms with Crippen molar-refractivity contribution in [1.82, 2.24) is 0 Å². The molecule has 1 aromatic rings. The second-order valence-electron chi connectivity index (χ2n) is 5.43. The Labute approximate surface area is 123 Å². The Bertz CT molecular complexity index is 547. The molecule has 1 fully saturated rings. The molecular formula is C15H19ClO4. The van der Waals surface area contributed by atoms with Crippen molar-refractivity contribution in [2.75, 3.05) is 14.2 Å². The van der Waals surface area contributed by atoms with Crippen molar-refractivity contribution in [3.05, 3.63) is 22.2 Å². The van der Waals surface area contributed by atoms with Crippen LogP contribution >= 0.6 is 11.6 Å². The van der Waals surface area contributed by atoms with E-state index in [1.807, 2.05) is 19.9 Å². The van der Waals surface area contributed by atoms with E-state index >= 15 is 0 Å². The molecule has 2 rings (SSSR count). The molecule has 0 heterocycles. The quantitative estimate of drug-likeness (QED) is 0.902. The second kappa shape index (κ2) is 5.17. The first kappa shape index (κ1) is 15.0. The van der Waals surface area contributed by atoms with Gasteiger partial charge in [0.15, 0.2) is 11.5 Å². The van der Waals surface area contributed by atoms with Crippen molar-refractivity contribution in [2.24, 2.45) is 0 Å². The van der Waals surface area contributed by atoms with Crippen LogP contribution in [-0.4, -0.2) is 25.3 Å². The van der Waals surface area contributed by atoms with Gasteiger partial charge in [0.05, 0.1) is 24.7 Å². The Morgan fingerprint density at radius 1 is 1.35 bits per heavy atom. The molecule has 0 aromatic heterocycles. The van der Waals surface area contributed by atoms with Gasteiger partial charge in [0.25, 0.3) is 0 Å². The summed E-state index contributed by atoms with van der Waals surface area (Å²) in [7, 11) is 3.05. The predicted molar refractivity (Wildman–Crippen MR) is 77.2 cm³/mol. The molecule has 1 saturated carbocycles. The van der Waals surface area contributed by atoms with Crippen molar-refractivity contribution in [2.45, 2.75) is 38.0 Å². The SMILES string of the molecule is COc1cc(C(C)C)c(Cl)c(C2(C(=O)O)CC2)c1OC. The Kier molecular flexibility index (Phi) is 3.87. The minimum Gasteiger partial charge on any atom is -0.493 e. The third-order valence-electron chi connectivity index (χ3n) is 3.89. The van der Waals surface area contributed by atoms with Crippen molar-refractivity contribution in [1.29, 1.82) is 0 Å². The number of aliphatic carboxylic acids is 1. The summed E-state index contributed by atoms with van der Waals surface area (Å²) in [6, 6.07) is 1.83. The van der Waals surface area contributed by atoms with E-state index in [1.54, 1.807) is 7.11 Å². The van der Waals surface area contributed by atoms with Crippen LogP contribution in [0.5, 0.6) is 11.5 Å². The zero-order chi connectivity index (χ0) is 15.1. The van der Waals surface area contributed by atoms with Gasteiger partial charge in [-0.25, -0.2) is 0 Å². The van der Waals surface area contributed by atoms with E-state index in [0.717, 1.165) is 5.56 Å². The molecule has 1 N–H and O–H groups in total. The zero-order valence-corrected chi connectivity index (χ0v) is 12.9. The van der Waals surface area contributed by atoms with Crippen LogP contribution in [0.1, 0.15) is 43.7 Å². The molecule has 20 heavy (non-hydrogen) atoms. The number of methoxy groups -OCH3 is 2. The molecule has 5 heteroatoms. The second-order valence-corrected chi connectivity index (χ2v) is 5.81. The fourth-order valence-corrected chi connectivity index (χ4v) is 3.07. The lowest BCUT2D eigenvalue weighted by Gasteiger charge is -2.22. The zero-order valence-electron chi connectivity index (χ0n) is 12.1. The molecular weight excluding hydrogens is 280 g/mol. The molecule has 0 unspecified atom stereocenters. The average molecular weight is 299 g/mol. The summed E-state index contributed by atoms with van der Waals surface area (Å²) in [6.07, 6.45) is 1.15. The van der Waals surface area contributed by atoms with Crippen LogP contribution in [0.4, 0.5) is 0 Å². The lowest BCUT2D eigenvalue weighted by molar-refractivity contribution is -0.140. The van der Waals surface area contributed by atoms with Crippen molar-refractivity contribution in [3.63, 3.8) is 0 Å². The molecule has 110 valence electrons. The van der Waals surface area contributed by atoms with Gasteiger partial charge in [-0.1, -0.05) is 25.4 Å². The summed E-state index contributed by atoms with van der Waals surface area (Å²) >= 11 is 6.49. The molecule has 1 aliphatic carbocycles. The highest BCUT2D eigenvalue weighted by atomic mass is 35.5. The highest BCUT2D eigenvalue weighted by Gasteiger charge is 2.55. The number of hydrogen-bond acceptors (Lipinski definition) is 3. The first-order valence-electron chi connectivity index (χ1n) is 6.57. The molecule has 0 aliphatic heterocycles. The van der Waals surface area contributed by atoms with Crippen LogP contribution in [0.2, 0.25) is 5.02 Å². The summed E-state index contributed by atoms with van der Waals surface area (Å²) < 4.78 is 10.7. The van der Waals surface area contributed by atoms with Gasteiger partial charge in [0, 0.05) is 5.56 Å². The molecule has 1 aromatic carbocycles. The maximum atomic E-state index is 11.6. The number of carboxylic acids is 1. The highest BCUT2D eigenvalue weighted by molar-refractivity contribution is 6.33. The van der Waals surface area contributed by atoms with Crippen LogP contribution in [0.3, 0.4) is 0 Å². The third kappa shape index (κ3) is 2.12. The van der Waals surface area contributed by atoms with E-state index in [-0.39, 0.29) is 5.92 Å². The minimum atomic E-state index is -0.930. The normalized spacial score (nSPS) is 16.1. The summed E-state index contributed by atoms with van der Waals surface area (Å²) in [5.74, 6) is 0.274. The highest BCUT2D eigenvalue weighted by Crippen LogP contribution is 2.57. The summed E-state index contributed by atoms with van der Waals surface area (Å²) in [5, 5.41) is 10.0. The monoisotopic (exact) mass is 298 g/mol. The van der Waals surface area contributed by atoms with Gasteiger partial charge in [0.2, 0.25) is 0 Å². The number of ether oxygens (including phenoxy) is 2. The van der Waals surface area contributed by atoms with Gasteiger partial charge < -0.3 is 14.6 Å². The van der Waals surface area contributed by atoms with Crippen molar-refractivity contribution < 1.29 is 19.4 Å². The molecule has 4 nitrogen and oxygen atoms in total. The fourth-order valence-electron chi connectivity index (χ4n) is 2.53. The summed E-state index contributed by atoms with van der Waals surface area (Å²) in [6.45, 7) is 4.02. The standard InChI is InChI=1S/C15H19ClO4/c1-8(2)9-7-10(19-3)13(20-4)11(12(9)16)15(5-6-15)14(17)18/h7-8H,5-6H2,1-4H3,(H,17,18). The van der Waals surface area contributed by atoms with E-state index < -0.39 is 11.4 Å². The Balaban J connectivity index is 2.76. The van der Waals surface area contributed by atoms with Crippen LogP contribution in [0.15, 0.2) is 6.07 Å². The number of hydrogen-bond donors (Lipinski definition) is 1. The topological polar surface area (TPSA) is 55.8 Å². The van der Waals surface area contributed by atoms with Crippen LogP contribution < -0.4 is 9.47 Å². The average Bonchev–Trinajstić information content (AvgIpc) is 3.18. The fraction of sp³-hybridized carbons (Fsp3) is 0.533. The summed E-state index contributed by atoms with van der Waals surface area (Å²) in [4.78, 5) is 11.6. The Morgan fingerprint density at radius 2 is 1.95 bits per heavy atom. The van der Waals surface area contributed by atoms with Crippen LogP contribution in [0.25, 0.3) is 0 Å². The van der Waals surface area contributed by atoms with E-state index in [4.69, 9.17) is 21.1 Å². The number of carboxylic acid groups (broad SMARTS) is 1. The van der Waals surface area contributed by atoms with Gasteiger partial charge in [0.1, 0.15) is 0 Å². The van der Waals surface area contributed by atoms with Crippen LogP contribution in [-0.2, 0) is 10.2 Å². The Morgan fingerprint density at radius 3 is 2.30 bits per heavy atom. The molecule has 1 aliphatic rings. The lowest BCUT2D eigenvalue weighted by Crippen LogP contribution is -2.22. The Hall–Kier alpha value is -1.42. The molecule has 0 atom stereocenters. The van der Waals surface area contributed by atoms with Crippen LogP contribution in [0, 0.1) is 0 Å². The largest absolute Gasteiger partial charge is 0.493 e. The molecule has 0 spiro atoms. The van der Waals surface area contributed by atoms with E-state index in [2.05, 4.69) is 0 Å². The maximum absolute atomic E-state index is 11.6. The van der Waals surface area contributed by atoms with E-state index in [1.165, 1.54) is 7.11 Å². The van der Waals surface area contributed by atoms with Gasteiger partial charge >= 0.3 is 5.97 Å². The van der Waals surface area contributed by atoms with Gasteiger partial charge in [-0.15, -0.1) is 0 Å². The molecule has 0 amide bonds. The van der Waals surface area contributed by atoms with Gasteiger partial charge in [-0.3, -0.25) is 4.79 Å². The number of carbonyl (C=O) groups is 1. The first-order valence-corrected chi connectivity index (χ1v) is 6.95. The predicted octanol–water partition coefficient (Wildman–Crippen LogP) is 3.60. The minimum absolute atomic E-state index is 0.172. The molecule has 0 saturated heterocycles. The molecule has 0 radical (unpaired) electrons. The number of halogens is 1.